The van der Waals surface area contributed by atoms with Crippen molar-refractivity contribution < 1.29 is 0 Å². The molecule has 1 fully saturated rings. The van der Waals surface area contributed by atoms with Gasteiger partial charge in [-0.2, -0.15) is 0 Å². The number of aromatic amines is 1. The predicted molar refractivity (Wildman–Crippen MR) is 77.6 cm³/mol. The number of nitrogens with one attached hydrogen (secondary N) is 2. The lowest BCUT2D eigenvalue weighted by Crippen LogP contribution is -2.32. The average Bonchev–Trinajstić information content (AvgIpc) is 2.81. The highest BCUT2D eigenvalue weighted by atomic mass is 79.9. The van der Waals surface area contributed by atoms with Crippen LogP contribution < -0.4 is 5.32 Å². The molecular weight excluding hydrogens is 290 g/mol. The molecule has 2 N–H and O–H groups in total. The van der Waals surface area contributed by atoms with E-state index >= 15 is 0 Å². The molecule has 1 aromatic heterocycles. The fourth-order valence-corrected chi connectivity index (χ4v) is 3.10. The number of halogens is 1. The number of fused-ring (bicyclic) bond motifs is 1. The summed E-state index contributed by atoms with van der Waals surface area (Å²) in [5, 5.41) is 3.57. The van der Waals surface area contributed by atoms with Gasteiger partial charge >= 0.3 is 0 Å². The summed E-state index contributed by atoms with van der Waals surface area (Å²) in [6, 6.07) is 6.57. The third-order valence-corrected chi connectivity index (χ3v) is 4.38. The predicted octanol–water partition coefficient (Wildman–Crippen LogP) is 3.78. The van der Waals surface area contributed by atoms with Crippen LogP contribution in [-0.4, -0.2) is 16.5 Å². The molecule has 3 nitrogen and oxygen atoms in total. The molecule has 2 heterocycles. The van der Waals surface area contributed by atoms with Crippen molar-refractivity contribution in [1.29, 1.82) is 0 Å². The first-order chi connectivity index (χ1) is 8.76. The molecule has 96 valence electrons. The van der Waals surface area contributed by atoms with Gasteiger partial charge in [-0.1, -0.05) is 29.3 Å². The molecule has 1 aliphatic heterocycles. The molecule has 2 atom stereocenters. The van der Waals surface area contributed by atoms with E-state index in [2.05, 4.69) is 45.3 Å². The third kappa shape index (κ3) is 2.31. The molecule has 0 spiro atoms. The maximum atomic E-state index is 4.71. The summed E-state index contributed by atoms with van der Waals surface area (Å²) in [6.45, 7) is 3.38. The first kappa shape index (κ1) is 12.2. The minimum atomic E-state index is 0.384. The van der Waals surface area contributed by atoms with E-state index in [1.165, 1.54) is 19.3 Å². The molecule has 18 heavy (non-hydrogen) atoms. The van der Waals surface area contributed by atoms with Crippen LogP contribution in [0.15, 0.2) is 22.7 Å². The first-order valence-electron chi connectivity index (χ1n) is 6.65. The van der Waals surface area contributed by atoms with Crippen molar-refractivity contribution in [3.05, 3.63) is 28.5 Å². The fourth-order valence-electron chi connectivity index (χ4n) is 2.74. The smallest absolute Gasteiger partial charge is 0.124 e. The van der Waals surface area contributed by atoms with Gasteiger partial charge in [0.15, 0.2) is 0 Å². The van der Waals surface area contributed by atoms with E-state index in [1.807, 2.05) is 6.07 Å². The zero-order valence-corrected chi connectivity index (χ0v) is 12.1. The fraction of sp³-hybridized carbons (Fsp3) is 0.500. The van der Waals surface area contributed by atoms with Crippen LogP contribution >= 0.6 is 15.9 Å². The lowest BCUT2D eigenvalue weighted by Gasteiger charge is -2.28. The maximum Gasteiger partial charge on any atom is 0.124 e. The zero-order chi connectivity index (χ0) is 12.5. The van der Waals surface area contributed by atoms with Crippen molar-refractivity contribution in [1.82, 2.24) is 15.3 Å². The monoisotopic (exact) mass is 307 g/mol. The zero-order valence-electron chi connectivity index (χ0n) is 10.5. The van der Waals surface area contributed by atoms with Gasteiger partial charge in [-0.15, -0.1) is 0 Å². The molecular formula is C14H18BrN3. The standard InChI is InChI=1S/C14H18BrN3/c1-2-9-5-6-16-13(7-9)14-17-11-4-3-10(15)8-12(11)18-14/h3-4,8-9,13,16H,2,5-7H2,1H3,(H,17,18). The van der Waals surface area contributed by atoms with Crippen LogP contribution in [0.4, 0.5) is 0 Å². The number of H-pyrrole nitrogens is 1. The molecule has 3 rings (SSSR count). The van der Waals surface area contributed by atoms with Crippen LogP contribution in [0, 0.1) is 5.92 Å². The highest BCUT2D eigenvalue weighted by Gasteiger charge is 2.23. The number of imidazole rings is 1. The maximum absolute atomic E-state index is 4.71. The van der Waals surface area contributed by atoms with Gasteiger partial charge in [0.05, 0.1) is 17.1 Å². The molecule has 0 aliphatic carbocycles. The summed E-state index contributed by atoms with van der Waals surface area (Å²) < 4.78 is 1.09. The number of rotatable bonds is 2. The number of nitrogens with zero attached hydrogens (tertiary/aromatic N) is 1. The molecule has 0 bridgehead atoms. The topological polar surface area (TPSA) is 40.7 Å². The number of piperidine rings is 1. The summed E-state index contributed by atoms with van der Waals surface area (Å²) >= 11 is 3.50. The van der Waals surface area contributed by atoms with Gasteiger partial charge in [0.1, 0.15) is 5.82 Å². The quantitative estimate of drug-likeness (QED) is 0.886. The van der Waals surface area contributed by atoms with Crippen molar-refractivity contribution in [2.45, 2.75) is 32.2 Å². The Morgan fingerprint density at radius 2 is 2.33 bits per heavy atom. The van der Waals surface area contributed by atoms with E-state index in [-0.39, 0.29) is 0 Å². The molecule has 1 aliphatic rings. The number of benzene rings is 1. The minimum absolute atomic E-state index is 0.384. The summed E-state index contributed by atoms with van der Waals surface area (Å²) in [7, 11) is 0. The second-order valence-corrected chi connectivity index (χ2v) is 6.00. The Balaban J connectivity index is 1.89. The van der Waals surface area contributed by atoms with Gasteiger partial charge in [0, 0.05) is 4.47 Å². The Morgan fingerprint density at radius 1 is 1.44 bits per heavy atom. The molecule has 0 amide bonds. The van der Waals surface area contributed by atoms with Gasteiger partial charge < -0.3 is 10.3 Å². The van der Waals surface area contributed by atoms with Crippen LogP contribution in [0.3, 0.4) is 0 Å². The van der Waals surface area contributed by atoms with Gasteiger partial charge in [-0.3, -0.25) is 0 Å². The Morgan fingerprint density at radius 3 is 3.17 bits per heavy atom. The highest BCUT2D eigenvalue weighted by molar-refractivity contribution is 9.10. The normalized spacial score (nSPS) is 24.6. The summed E-state index contributed by atoms with van der Waals surface area (Å²) in [5.74, 6) is 1.91. The van der Waals surface area contributed by atoms with Crippen molar-refractivity contribution in [2.24, 2.45) is 5.92 Å². The van der Waals surface area contributed by atoms with Crippen LogP contribution in [0.25, 0.3) is 11.0 Å². The summed E-state index contributed by atoms with van der Waals surface area (Å²) in [4.78, 5) is 8.15. The number of hydrogen-bond acceptors (Lipinski definition) is 2. The molecule has 0 saturated carbocycles. The Bertz CT molecular complexity index is 549. The van der Waals surface area contributed by atoms with E-state index in [0.717, 1.165) is 33.8 Å². The average molecular weight is 308 g/mol. The van der Waals surface area contributed by atoms with Gasteiger partial charge in [0.2, 0.25) is 0 Å². The molecule has 1 aromatic carbocycles. The van der Waals surface area contributed by atoms with Crippen molar-refractivity contribution >= 4 is 27.0 Å². The molecule has 2 aromatic rings. The van der Waals surface area contributed by atoms with Crippen molar-refractivity contribution in [3.8, 4) is 0 Å². The number of aromatic nitrogens is 2. The lowest BCUT2D eigenvalue weighted by molar-refractivity contribution is 0.292. The van der Waals surface area contributed by atoms with Crippen LogP contribution in [0.2, 0.25) is 0 Å². The second-order valence-electron chi connectivity index (χ2n) is 5.09. The van der Waals surface area contributed by atoms with E-state index in [4.69, 9.17) is 4.98 Å². The van der Waals surface area contributed by atoms with Crippen molar-refractivity contribution in [2.75, 3.05) is 6.54 Å². The summed E-state index contributed by atoms with van der Waals surface area (Å²) in [6.07, 6.45) is 3.75. The van der Waals surface area contributed by atoms with Crippen molar-refractivity contribution in [3.63, 3.8) is 0 Å². The van der Waals surface area contributed by atoms with Gasteiger partial charge in [-0.25, -0.2) is 4.98 Å². The third-order valence-electron chi connectivity index (χ3n) is 3.88. The van der Waals surface area contributed by atoms with Crippen LogP contribution in [0.5, 0.6) is 0 Å². The molecule has 4 heteroatoms. The van der Waals surface area contributed by atoms with E-state index in [9.17, 15) is 0 Å². The number of hydrogen-bond donors (Lipinski definition) is 2. The van der Waals surface area contributed by atoms with Gasteiger partial charge in [-0.05, 0) is 43.5 Å². The second kappa shape index (κ2) is 5.02. The van der Waals surface area contributed by atoms with Crippen LogP contribution in [-0.2, 0) is 0 Å². The largest absolute Gasteiger partial charge is 0.341 e. The summed E-state index contributed by atoms with van der Waals surface area (Å²) in [5.41, 5.74) is 2.16. The molecule has 2 unspecified atom stereocenters. The van der Waals surface area contributed by atoms with Crippen LogP contribution in [0.1, 0.15) is 38.1 Å². The Kier molecular flexibility index (Phi) is 3.39. The van der Waals surface area contributed by atoms with E-state index in [1.54, 1.807) is 0 Å². The SMILES string of the molecule is CCC1CCNC(c2nc3ccc(Br)cc3[nH]2)C1. The van der Waals surface area contributed by atoms with E-state index in [0.29, 0.717) is 6.04 Å². The molecule has 1 saturated heterocycles. The Labute approximate surface area is 116 Å². The molecule has 0 radical (unpaired) electrons. The lowest BCUT2D eigenvalue weighted by atomic mass is 9.90. The highest BCUT2D eigenvalue weighted by Crippen LogP contribution is 2.29. The minimum Gasteiger partial charge on any atom is -0.341 e. The van der Waals surface area contributed by atoms with Gasteiger partial charge in [0.25, 0.3) is 0 Å². The van der Waals surface area contributed by atoms with E-state index < -0.39 is 0 Å². The first-order valence-corrected chi connectivity index (χ1v) is 7.44. The Hall–Kier alpha value is -0.870.